The topological polar surface area (TPSA) is 169 Å². The summed E-state index contributed by atoms with van der Waals surface area (Å²) in [5.74, 6) is -2.53. The average Bonchev–Trinajstić information content (AvgIpc) is 2.94. The minimum Gasteiger partial charge on any atom is -0.480 e. The van der Waals surface area contributed by atoms with Gasteiger partial charge in [-0.1, -0.05) is 74.6 Å². The predicted molar refractivity (Wildman–Crippen MR) is 161 cm³/mol. The highest BCUT2D eigenvalue weighted by Crippen LogP contribution is 2.43. The number of amides is 1. The van der Waals surface area contributed by atoms with Gasteiger partial charge in [0.15, 0.2) is 6.04 Å². The maximum atomic E-state index is 11.9. The van der Waals surface area contributed by atoms with Crippen molar-refractivity contribution < 1.29 is 47.8 Å². The van der Waals surface area contributed by atoms with E-state index in [1.54, 1.807) is 6.92 Å². The Hall–Kier alpha value is -2.82. The van der Waals surface area contributed by atoms with Crippen molar-refractivity contribution in [3.8, 4) is 0 Å². The van der Waals surface area contributed by atoms with Gasteiger partial charge in [-0.25, -0.2) is 9.36 Å². The molecule has 0 aromatic carbocycles. The Labute approximate surface area is 249 Å². The number of carbonyl (C=O) groups excluding carboxylic acids is 2. The Morgan fingerprint density at radius 3 is 1.83 bits per heavy atom. The second-order valence-corrected chi connectivity index (χ2v) is 10.7. The van der Waals surface area contributed by atoms with Crippen LogP contribution in [0.15, 0.2) is 60.8 Å². The molecule has 0 aliphatic carbocycles. The van der Waals surface area contributed by atoms with Crippen molar-refractivity contribution in [3.63, 3.8) is 0 Å². The molecule has 0 saturated carbocycles. The highest BCUT2D eigenvalue weighted by atomic mass is 31.2. The Bertz CT molecular complexity index is 958. The molecule has 1 amide bonds. The molecule has 0 heterocycles. The van der Waals surface area contributed by atoms with E-state index in [9.17, 15) is 28.9 Å². The largest absolute Gasteiger partial charge is 0.480 e. The molecule has 42 heavy (non-hydrogen) atoms. The Balaban J connectivity index is 3.99. The summed E-state index contributed by atoms with van der Waals surface area (Å²) < 4.78 is 26.1. The Kier molecular flexibility index (Phi) is 24.1. The van der Waals surface area contributed by atoms with E-state index in [2.05, 4.69) is 69.9 Å². The maximum Gasteiger partial charge on any atom is 0.472 e. The molecular weight excluding hydrogens is 565 g/mol. The van der Waals surface area contributed by atoms with E-state index >= 15 is 0 Å². The number of carboxylic acids is 1. The fourth-order valence-electron chi connectivity index (χ4n) is 3.10. The molecule has 11 nitrogen and oxygen atoms in total. The molecule has 3 unspecified atom stereocenters. The number of phosphoric ester groups is 1. The number of esters is 1. The molecular formula is C30H48NO10P. The van der Waals surface area contributed by atoms with Crippen molar-refractivity contribution in [2.24, 2.45) is 0 Å². The molecule has 0 aliphatic heterocycles. The Morgan fingerprint density at radius 2 is 1.31 bits per heavy atom. The lowest BCUT2D eigenvalue weighted by atomic mass is 10.2. The third-order valence-corrected chi connectivity index (χ3v) is 6.24. The van der Waals surface area contributed by atoms with Gasteiger partial charge >= 0.3 is 19.8 Å². The summed E-state index contributed by atoms with van der Waals surface area (Å²) in [6, 6.07) is -1.55. The number of nitrogens with one attached hydrogen (secondary N) is 1. The predicted octanol–water partition coefficient (Wildman–Crippen LogP) is 5.32. The third kappa shape index (κ3) is 24.9. The SMILES string of the molecule is CC/C=C\C/C=C\C/C=C\C/C=C\C/C=C\CCCC(=O)OCC(O)COP(=O)(O)OCC(NC(=O)CCC)C(=O)O. The van der Waals surface area contributed by atoms with Crippen LogP contribution < -0.4 is 5.32 Å². The van der Waals surface area contributed by atoms with Crippen LogP contribution in [-0.2, 0) is 32.7 Å². The normalized spacial score (nSPS) is 15.1. The lowest BCUT2D eigenvalue weighted by Crippen LogP contribution is -2.43. The first-order chi connectivity index (χ1) is 20.1. The number of allylic oxidation sites excluding steroid dienone is 10. The number of hydrogen-bond donors (Lipinski definition) is 4. The van der Waals surface area contributed by atoms with Crippen LogP contribution in [0.25, 0.3) is 0 Å². The molecule has 4 N–H and O–H groups in total. The third-order valence-electron chi connectivity index (χ3n) is 5.29. The van der Waals surface area contributed by atoms with Crippen LogP contribution in [0.2, 0.25) is 0 Å². The van der Waals surface area contributed by atoms with Crippen LogP contribution in [-0.4, -0.2) is 64.9 Å². The summed E-state index contributed by atoms with van der Waals surface area (Å²) in [6.07, 6.45) is 26.3. The van der Waals surface area contributed by atoms with Crippen LogP contribution in [0.5, 0.6) is 0 Å². The van der Waals surface area contributed by atoms with Crippen molar-refractivity contribution in [1.82, 2.24) is 5.32 Å². The Morgan fingerprint density at radius 1 is 0.786 bits per heavy atom. The molecule has 0 radical (unpaired) electrons. The van der Waals surface area contributed by atoms with Crippen molar-refractivity contribution in [1.29, 1.82) is 0 Å². The van der Waals surface area contributed by atoms with E-state index in [1.165, 1.54) is 0 Å². The number of hydrogen-bond acceptors (Lipinski definition) is 8. The molecule has 0 aromatic heterocycles. The van der Waals surface area contributed by atoms with E-state index in [0.717, 1.165) is 32.1 Å². The maximum absolute atomic E-state index is 11.9. The summed E-state index contributed by atoms with van der Waals surface area (Å²) >= 11 is 0. The second-order valence-electron chi connectivity index (χ2n) is 9.21. The number of phosphoric acid groups is 1. The summed E-state index contributed by atoms with van der Waals surface area (Å²) in [4.78, 5) is 44.3. The fourth-order valence-corrected chi connectivity index (χ4v) is 3.87. The number of ether oxygens (including phenoxy) is 1. The zero-order valence-electron chi connectivity index (χ0n) is 24.8. The summed E-state index contributed by atoms with van der Waals surface area (Å²) in [7, 11) is -4.73. The smallest absolute Gasteiger partial charge is 0.472 e. The minimum absolute atomic E-state index is 0.0887. The summed E-state index contributed by atoms with van der Waals surface area (Å²) in [5.41, 5.74) is 0. The molecule has 3 atom stereocenters. The molecule has 0 rings (SSSR count). The molecule has 0 aromatic rings. The number of aliphatic hydroxyl groups excluding tert-OH is 1. The zero-order chi connectivity index (χ0) is 31.5. The van der Waals surface area contributed by atoms with Gasteiger partial charge in [0.25, 0.3) is 0 Å². The standard InChI is InChI=1S/C30H48NO10P/c1-3-5-6-7-8-9-10-11-12-13-14-15-16-17-18-19-20-22-29(34)39-23-26(32)24-40-42(37,38)41-25-27(30(35)36)31-28(33)21-4-2/h5-6,8-9,11-12,14-15,17-18,26-27,32H,3-4,7,10,13,16,19-25H2,1-2H3,(H,31,33)(H,35,36)(H,37,38)/b6-5-,9-8-,12-11-,15-14-,18-17-. The highest BCUT2D eigenvalue weighted by Gasteiger charge is 2.28. The van der Waals surface area contributed by atoms with Crippen LogP contribution in [0.3, 0.4) is 0 Å². The molecule has 0 spiro atoms. The van der Waals surface area contributed by atoms with E-state index in [-0.39, 0.29) is 12.8 Å². The van der Waals surface area contributed by atoms with Gasteiger partial charge in [-0.05, 0) is 51.4 Å². The van der Waals surface area contributed by atoms with Gasteiger partial charge < -0.3 is 25.2 Å². The van der Waals surface area contributed by atoms with E-state index in [0.29, 0.717) is 19.3 Å². The highest BCUT2D eigenvalue weighted by molar-refractivity contribution is 7.47. The van der Waals surface area contributed by atoms with Gasteiger partial charge in [-0.3, -0.25) is 18.6 Å². The van der Waals surface area contributed by atoms with Crippen molar-refractivity contribution in [2.45, 2.75) is 90.2 Å². The first kappa shape index (κ1) is 39.2. The summed E-state index contributed by atoms with van der Waals surface area (Å²) in [6.45, 7) is 1.89. The first-order valence-electron chi connectivity index (χ1n) is 14.3. The number of rotatable bonds is 25. The molecule has 238 valence electrons. The second kappa shape index (κ2) is 25.9. The lowest BCUT2D eigenvalue weighted by molar-refractivity contribution is -0.147. The first-order valence-corrected chi connectivity index (χ1v) is 15.8. The van der Waals surface area contributed by atoms with Crippen LogP contribution in [0.1, 0.15) is 78.1 Å². The van der Waals surface area contributed by atoms with E-state index < -0.39 is 57.6 Å². The average molecular weight is 614 g/mol. The summed E-state index contributed by atoms with van der Waals surface area (Å²) in [5, 5.41) is 21.1. The van der Waals surface area contributed by atoms with E-state index in [4.69, 9.17) is 9.84 Å². The lowest BCUT2D eigenvalue weighted by Gasteiger charge is -2.18. The quantitative estimate of drug-likeness (QED) is 0.0458. The number of aliphatic hydroxyl groups is 1. The van der Waals surface area contributed by atoms with Gasteiger partial charge in [-0.15, -0.1) is 0 Å². The molecule has 0 aliphatic rings. The number of carbonyl (C=O) groups is 3. The molecule has 0 fully saturated rings. The van der Waals surface area contributed by atoms with Gasteiger partial charge in [0.05, 0.1) is 13.2 Å². The minimum atomic E-state index is -4.73. The number of aliphatic carboxylic acids is 1. The molecule has 0 bridgehead atoms. The van der Waals surface area contributed by atoms with E-state index in [1.807, 2.05) is 12.2 Å². The van der Waals surface area contributed by atoms with Crippen LogP contribution in [0.4, 0.5) is 0 Å². The van der Waals surface area contributed by atoms with Crippen molar-refractivity contribution in [2.75, 3.05) is 19.8 Å². The van der Waals surface area contributed by atoms with Gasteiger partial charge in [0, 0.05) is 12.8 Å². The van der Waals surface area contributed by atoms with Gasteiger partial charge in [0.1, 0.15) is 12.7 Å². The monoisotopic (exact) mass is 613 g/mol. The van der Waals surface area contributed by atoms with Gasteiger partial charge in [0.2, 0.25) is 5.91 Å². The van der Waals surface area contributed by atoms with Gasteiger partial charge in [-0.2, -0.15) is 0 Å². The van der Waals surface area contributed by atoms with Crippen molar-refractivity contribution in [3.05, 3.63) is 60.8 Å². The number of unbranched alkanes of at least 4 members (excludes halogenated alkanes) is 1. The molecule has 0 saturated heterocycles. The molecule has 12 heteroatoms. The van der Waals surface area contributed by atoms with Crippen LogP contribution >= 0.6 is 7.82 Å². The fraction of sp³-hybridized carbons (Fsp3) is 0.567. The van der Waals surface area contributed by atoms with Crippen LogP contribution in [0, 0.1) is 0 Å². The number of carboxylic acid groups (broad SMARTS) is 1. The van der Waals surface area contributed by atoms with Crippen molar-refractivity contribution >= 4 is 25.7 Å². The zero-order valence-corrected chi connectivity index (χ0v) is 25.7.